The SMILES string of the molecule is CC(C)=CCC/C(C)=C/CC/C(C)=C/CC/C=C(\C)CC/C=C/CC(C=C(C)C)S(=O)(=O)c1ccccc1. The van der Waals surface area contributed by atoms with Crippen molar-refractivity contribution in [3.05, 3.63) is 101 Å². The Morgan fingerprint density at radius 2 is 1.13 bits per heavy atom. The molecule has 0 amide bonds. The van der Waals surface area contributed by atoms with Gasteiger partial charge in [-0.15, -0.1) is 0 Å². The van der Waals surface area contributed by atoms with E-state index in [0.717, 1.165) is 56.9 Å². The number of benzene rings is 1. The Bertz CT molecular complexity index is 1100. The monoisotopic (exact) mass is 536 g/mol. The molecule has 38 heavy (non-hydrogen) atoms. The van der Waals surface area contributed by atoms with E-state index in [9.17, 15) is 8.42 Å². The molecule has 0 fully saturated rings. The molecular weight excluding hydrogens is 484 g/mol. The van der Waals surface area contributed by atoms with Crippen molar-refractivity contribution in [1.82, 2.24) is 0 Å². The zero-order chi connectivity index (χ0) is 28.4. The lowest BCUT2D eigenvalue weighted by Gasteiger charge is -2.13. The fourth-order valence-electron chi connectivity index (χ4n) is 4.20. The van der Waals surface area contributed by atoms with Crippen LogP contribution in [-0.2, 0) is 9.84 Å². The molecule has 1 atom stereocenters. The van der Waals surface area contributed by atoms with Gasteiger partial charge in [0.1, 0.15) is 0 Å². The van der Waals surface area contributed by atoms with E-state index in [1.165, 1.54) is 22.3 Å². The highest BCUT2D eigenvalue weighted by molar-refractivity contribution is 7.92. The Kier molecular flexibility index (Phi) is 16.6. The smallest absolute Gasteiger partial charge is 0.185 e. The van der Waals surface area contributed by atoms with Crippen molar-refractivity contribution in [1.29, 1.82) is 0 Å². The van der Waals surface area contributed by atoms with Crippen molar-refractivity contribution in [2.24, 2.45) is 0 Å². The second-order valence-corrected chi connectivity index (χ2v) is 13.1. The van der Waals surface area contributed by atoms with Crippen LogP contribution in [0.3, 0.4) is 0 Å². The minimum absolute atomic E-state index is 0.390. The molecule has 1 rings (SSSR count). The molecule has 1 aromatic rings. The maximum Gasteiger partial charge on any atom is 0.185 e. The van der Waals surface area contributed by atoms with Crippen LogP contribution in [0.25, 0.3) is 0 Å². The van der Waals surface area contributed by atoms with Crippen LogP contribution in [0.5, 0.6) is 0 Å². The van der Waals surface area contributed by atoms with Crippen LogP contribution in [0.2, 0.25) is 0 Å². The van der Waals surface area contributed by atoms with E-state index >= 15 is 0 Å². The molecule has 0 aliphatic heterocycles. The van der Waals surface area contributed by atoms with E-state index < -0.39 is 15.1 Å². The van der Waals surface area contributed by atoms with Crippen LogP contribution in [0, 0.1) is 0 Å². The molecular formula is C35H52O2S. The fourth-order valence-corrected chi connectivity index (χ4v) is 5.90. The molecule has 0 saturated carbocycles. The van der Waals surface area contributed by atoms with Gasteiger partial charge >= 0.3 is 0 Å². The lowest BCUT2D eigenvalue weighted by molar-refractivity contribution is 0.588. The van der Waals surface area contributed by atoms with E-state index in [4.69, 9.17) is 0 Å². The van der Waals surface area contributed by atoms with Crippen molar-refractivity contribution < 1.29 is 8.42 Å². The molecule has 0 heterocycles. The summed E-state index contributed by atoms with van der Waals surface area (Å²) < 4.78 is 26.2. The first-order chi connectivity index (χ1) is 18.0. The van der Waals surface area contributed by atoms with Crippen molar-refractivity contribution in [2.75, 3.05) is 0 Å². The van der Waals surface area contributed by atoms with E-state index in [2.05, 4.69) is 65.0 Å². The maximum absolute atomic E-state index is 13.1. The molecule has 0 aromatic heterocycles. The molecule has 2 nitrogen and oxygen atoms in total. The minimum atomic E-state index is -3.39. The van der Waals surface area contributed by atoms with Gasteiger partial charge in [-0.25, -0.2) is 8.42 Å². The largest absolute Gasteiger partial charge is 0.223 e. The summed E-state index contributed by atoms with van der Waals surface area (Å²) in [5, 5.41) is -0.528. The summed E-state index contributed by atoms with van der Waals surface area (Å²) in [5.41, 5.74) is 6.79. The zero-order valence-corrected chi connectivity index (χ0v) is 25.9. The van der Waals surface area contributed by atoms with E-state index in [-0.39, 0.29) is 0 Å². The highest BCUT2D eigenvalue weighted by atomic mass is 32.2. The summed E-state index contributed by atoms with van der Waals surface area (Å²) in [7, 11) is -3.39. The van der Waals surface area contributed by atoms with Gasteiger partial charge < -0.3 is 0 Å². The molecule has 210 valence electrons. The number of hydrogen-bond acceptors (Lipinski definition) is 2. The van der Waals surface area contributed by atoms with Gasteiger partial charge in [0.25, 0.3) is 0 Å². The van der Waals surface area contributed by atoms with Crippen molar-refractivity contribution >= 4 is 9.84 Å². The van der Waals surface area contributed by atoms with Crippen LogP contribution >= 0.6 is 0 Å². The highest BCUT2D eigenvalue weighted by Crippen LogP contribution is 2.21. The Hall–Kier alpha value is -2.39. The first-order valence-corrected chi connectivity index (χ1v) is 15.8. The average Bonchev–Trinajstić information content (AvgIpc) is 2.85. The van der Waals surface area contributed by atoms with Crippen molar-refractivity contribution in [3.8, 4) is 0 Å². The molecule has 1 unspecified atom stereocenters. The lowest BCUT2D eigenvalue weighted by atomic mass is 10.0. The summed E-state index contributed by atoms with van der Waals surface area (Å²) in [6.45, 7) is 14.9. The van der Waals surface area contributed by atoms with Crippen LogP contribution in [-0.4, -0.2) is 13.7 Å². The van der Waals surface area contributed by atoms with Gasteiger partial charge in [0.2, 0.25) is 0 Å². The Morgan fingerprint density at radius 3 is 1.66 bits per heavy atom. The summed E-state index contributed by atoms with van der Waals surface area (Å²) >= 11 is 0. The number of hydrogen-bond donors (Lipinski definition) is 0. The summed E-state index contributed by atoms with van der Waals surface area (Å²) in [6.07, 6.45) is 24.6. The second-order valence-electron chi connectivity index (χ2n) is 11.0. The van der Waals surface area contributed by atoms with Crippen LogP contribution in [0.1, 0.15) is 106 Å². The minimum Gasteiger partial charge on any atom is -0.223 e. The quantitative estimate of drug-likeness (QED) is 0.146. The molecule has 0 bridgehead atoms. The number of rotatable bonds is 17. The average molecular weight is 537 g/mol. The molecule has 0 aliphatic rings. The molecule has 0 radical (unpaired) electrons. The van der Waals surface area contributed by atoms with Crippen LogP contribution < -0.4 is 0 Å². The third-order valence-electron chi connectivity index (χ3n) is 6.50. The number of unbranched alkanes of at least 4 members (excludes halogenated alkanes) is 1. The predicted molar refractivity (Wildman–Crippen MR) is 168 cm³/mol. The van der Waals surface area contributed by atoms with Gasteiger partial charge in [0.15, 0.2) is 9.84 Å². The van der Waals surface area contributed by atoms with Crippen molar-refractivity contribution in [2.45, 2.75) is 116 Å². The van der Waals surface area contributed by atoms with Crippen LogP contribution in [0.15, 0.2) is 106 Å². The van der Waals surface area contributed by atoms with Gasteiger partial charge in [0, 0.05) is 0 Å². The van der Waals surface area contributed by atoms with Gasteiger partial charge in [0.05, 0.1) is 10.1 Å². The van der Waals surface area contributed by atoms with Gasteiger partial charge in [-0.2, -0.15) is 0 Å². The number of allylic oxidation sites excluding steroid dienone is 11. The topological polar surface area (TPSA) is 34.1 Å². The first kappa shape index (κ1) is 33.6. The van der Waals surface area contributed by atoms with Crippen LogP contribution in [0.4, 0.5) is 0 Å². The Morgan fingerprint density at radius 1 is 0.632 bits per heavy atom. The predicted octanol–water partition coefficient (Wildman–Crippen LogP) is 10.7. The lowest BCUT2D eigenvalue weighted by Crippen LogP contribution is -2.19. The summed E-state index contributed by atoms with van der Waals surface area (Å²) in [4.78, 5) is 0.390. The van der Waals surface area contributed by atoms with Gasteiger partial charge in [-0.3, -0.25) is 0 Å². The summed E-state index contributed by atoms with van der Waals surface area (Å²) in [6, 6.07) is 8.77. The molecule has 1 aromatic carbocycles. The van der Waals surface area contributed by atoms with Gasteiger partial charge in [-0.05, 0) is 118 Å². The Balaban J connectivity index is 2.43. The van der Waals surface area contributed by atoms with E-state index in [1.807, 2.05) is 32.1 Å². The first-order valence-electron chi connectivity index (χ1n) is 14.2. The maximum atomic E-state index is 13.1. The Labute approximate surface area is 235 Å². The van der Waals surface area contributed by atoms with Crippen molar-refractivity contribution in [3.63, 3.8) is 0 Å². The van der Waals surface area contributed by atoms with Gasteiger partial charge in [-0.1, -0.05) is 88.6 Å². The molecule has 3 heteroatoms. The normalized spacial score (nSPS) is 14.0. The fraction of sp³-hybridized carbons (Fsp3) is 0.486. The van der Waals surface area contributed by atoms with E-state index in [1.54, 1.807) is 24.3 Å². The van der Waals surface area contributed by atoms with E-state index in [0.29, 0.717) is 11.3 Å². The summed E-state index contributed by atoms with van der Waals surface area (Å²) in [5.74, 6) is 0. The highest BCUT2D eigenvalue weighted by Gasteiger charge is 2.24. The molecule has 0 N–H and O–H groups in total. The molecule has 0 spiro atoms. The third-order valence-corrected chi connectivity index (χ3v) is 8.56. The molecule has 0 saturated heterocycles. The number of sulfone groups is 1. The second kappa shape index (κ2) is 18.8. The third kappa shape index (κ3) is 15.1. The standard InChI is InChI=1S/C35H52O2S/c1-29(2)18-16-22-33(7)24-17-23-32(6)21-15-14-20-31(5)19-10-8-13-27-35(28-30(3)4)38(36,37)34-25-11-9-12-26-34/h8-9,11-13,18,20-21,24-26,28,35H,10,14-17,19,22-23,27H2,1-7H3/b13-8+,31-20+,32-21+,33-24+. The zero-order valence-electron chi connectivity index (χ0n) is 25.1. The molecule has 0 aliphatic carbocycles.